The topological polar surface area (TPSA) is 68.2 Å². The third-order valence-electron chi connectivity index (χ3n) is 2.56. The maximum Gasteiger partial charge on any atom is 0.161 e. The molecule has 0 spiro atoms. The van der Waals surface area contributed by atoms with Crippen molar-refractivity contribution in [2.45, 2.75) is 70.9 Å². The molecule has 0 aromatic heterocycles. The standard InChI is InChI=1S/C12H24O5/c1-7(2)15-9-5-11(16-8(3)4)17-10(6-13)12(9)14/h7-14H,5-6H2,1-4H3/t9-,10-,11-,12+/m0/s1. The van der Waals surface area contributed by atoms with E-state index in [4.69, 9.17) is 19.3 Å². The second-order valence-electron chi connectivity index (χ2n) is 4.92. The summed E-state index contributed by atoms with van der Waals surface area (Å²) in [7, 11) is 0. The first-order valence-corrected chi connectivity index (χ1v) is 6.19. The quantitative estimate of drug-likeness (QED) is 0.748. The predicted octanol–water partition coefficient (Wildman–Crippen LogP) is 0.673. The molecule has 4 atom stereocenters. The first kappa shape index (κ1) is 14.9. The van der Waals surface area contributed by atoms with Crippen LogP contribution in [0.1, 0.15) is 34.1 Å². The molecular formula is C12H24O5. The Hall–Kier alpha value is -0.200. The van der Waals surface area contributed by atoms with Crippen LogP contribution in [0.4, 0.5) is 0 Å². The van der Waals surface area contributed by atoms with Gasteiger partial charge in [0.25, 0.3) is 0 Å². The molecular weight excluding hydrogens is 224 g/mol. The molecule has 5 nitrogen and oxygen atoms in total. The smallest absolute Gasteiger partial charge is 0.161 e. The maximum absolute atomic E-state index is 9.96. The Morgan fingerprint density at radius 2 is 1.76 bits per heavy atom. The van der Waals surface area contributed by atoms with Crippen LogP contribution < -0.4 is 0 Å². The lowest BCUT2D eigenvalue weighted by Gasteiger charge is -2.39. The van der Waals surface area contributed by atoms with Gasteiger partial charge in [0.1, 0.15) is 12.2 Å². The average Bonchev–Trinajstić information content (AvgIpc) is 2.21. The first-order valence-electron chi connectivity index (χ1n) is 6.19. The van der Waals surface area contributed by atoms with Crippen molar-refractivity contribution in [1.29, 1.82) is 0 Å². The summed E-state index contributed by atoms with van der Waals surface area (Å²) in [6, 6.07) is 0. The van der Waals surface area contributed by atoms with Gasteiger partial charge in [0.15, 0.2) is 6.29 Å². The van der Waals surface area contributed by atoms with Gasteiger partial charge in [-0.25, -0.2) is 0 Å². The zero-order valence-corrected chi connectivity index (χ0v) is 11.0. The summed E-state index contributed by atoms with van der Waals surface area (Å²) in [5.41, 5.74) is 0. The van der Waals surface area contributed by atoms with E-state index in [0.717, 1.165) is 0 Å². The molecule has 0 aliphatic carbocycles. The highest BCUT2D eigenvalue weighted by atomic mass is 16.7. The minimum Gasteiger partial charge on any atom is -0.394 e. The fourth-order valence-corrected chi connectivity index (χ4v) is 1.93. The van der Waals surface area contributed by atoms with Gasteiger partial charge >= 0.3 is 0 Å². The Kier molecular flexibility index (Phi) is 5.82. The summed E-state index contributed by atoms with van der Waals surface area (Å²) in [4.78, 5) is 0. The summed E-state index contributed by atoms with van der Waals surface area (Å²) in [6.07, 6.45) is -1.70. The van der Waals surface area contributed by atoms with Crippen LogP contribution in [0, 0.1) is 0 Å². The molecule has 0 unspecified atom stereocenters. The second kappa shape index (κ2) is 6.66. The van der Waals surface area contributed by atoms with Gasteiger partial charge in [-0.3, -0.25) is 0 Å². The largest absolute Gasteiger partial charge is 0.394 e. The number of rotatable bonds is 5. The first-order chi connectivity index (χ1) is 7.93. The van der Waals surface area contributed by atoms with Gasteiger partial charge in [0, 0.05) is 6.42 Å². The molecule has 0 bridgehead atoms. The van der Waals surface area contributed by atoms with E-state index in [0.29, 0.717) is 6.42 Å². The Balaban J connectivity index is 2.61. The van der Waals surface area contributed by atoms with E-state index in [1.54, 1.807) is 0 Å². The Bertz CT molecular complexity index is 219. The minimum absolute atomic E-state index is 0.0202. The van der Waals surface area contributed by atoms with Crippen LogP contribution >= 0.6 is 0 Å². The fourth-order valence-electron chi connectivity index (χ4n) is 1.93. The zero-order chi connectivity index (χ0) is 13.0. The summed E-state index contributed by atoms with van der Waals surface area (Å²) >= 11 is 0. The molecule has 0 saturated carbocycles. The van der Waals surface area contributed by atoms with Crippen LogP contribution in [0.5, 0.6) is 0 Å². The number of ether oxygens (including phenoxy) is 3. The van der Waals surface area contributed by atoms with Crippen LogP contribution in [-0.4, -0.2) is 53.6 Å². The summed E-state index contributed by atoms with van der Waals surface area (Å²) in [6.45, 7) is 7.42. The van der Waals surface area contributed by atoms with Gasteiger partial charge in [0.05, 0.1) is 24.9 Å². The van der Waals surface area contributed by atoms with E-state index in [1.165, 1.54) is 0 Å². The van der Waals surface area contributed by atoms with Gasteiger partial charge in [-0.15, -0.1) is 0 Å². The van der Waals surface area contributed by atoms with E-state index < -0.39 is 18.5 Å². The van der Waals surface area contributed by atoms with Crippen molar-refractivity contribution in [3.63, 3.8) is 0 Å². The lowest BCUT2D eigenvalue weighted by molar-refractivity contribution is -0.275. The molecule has 2 N–H and O–H groups in total. The molecule has 17 heavy (non-hydrogen) atoms. The average molecular weight is 248 g/mol. The van der Waals surface area contributed by atoms with E-state index >= 15 is 0 Å². The molecule has 1 fully saturated rings. The van der Waals surface area contributed by atoms with E-state index in [2.05, 4.69) is 0 Å². The number of aliphatic hydroxyl groups excluding tert-OH is 2. The molecule has 1 saturated heterocycles. The third-order valence-corrected chi connectivity index (χ3v) is 2.56. The molecule has 0 aromatic rings. The maximum atomic E-state index is 9.96. The van der Waals surface area contributed by atoms with Gasteiger partial charge in [0.2, 0.25) is 0 Å². The highest BCUT2D eigenvalue weighted by Gasteiger charge is 2.39. The normalized spacial score (nSPS) is 34.6. The molecule has 0 radical (unpaired) electrons. The molecule has 5 heteroatoms. The summed E-state index contributed by atoms with van der Waals surface area (Å²) < 4.78 is 16.7. The monoisotopic (exact) mass is 248 g/mol. The van der Waals surface area contributed by atoms with E-state index in [-0.39, 0.29) is 24.9 Å². The van der Waals surface area contributed by atoms with Crippen LogP contribution in [0.25, 0.3) is 0 Å². The molecule has 1 aliphatic rings. The fraction of sp³-hybridized carbons (Fsp3) is 1.00. The predicted molar refractivity (Wildman–Crippen MR) is 62.6 cm³/mol. The van der Waals surface area contributed by atoms with Crippen LogP contribution in [0.2, 0.25) is 0 Å². The van der Waals surface area contributed by atoms with Crippen molar-refractivity contribution in [3.05, 3.63) is 0 Å². The molecule has 1 rings (SSSR count). The Labute approximate surface area is 103 Å². The van der Waals surface area contributed by atoms with Crippen molar-refractivity contribution < 1.29 is 24.4 Å². The van der Waals surface area contributed by atoms with Gasteiger partial charge < -0.3 is 24.4 Å². The third kappa shape index (κ3) is 4.52. The van der Waals surface area contributed by atoms with Crippen molar-refractivity contribution in [2.75, 3.05) is 6.61 Å². The number of aliphatic hydroxyl groups is 2. The highest BCUT2D eigenvalue weighted by Crippen LogP contribution is 2.25. The molecule has 1 heterocycles. The number of hydrogen-bond donors (Lipinski definition) is 2. The zero-order valence-electron chi connectivity index (χ0n) is 11.0. The second-order valence-corrected chi connectivity index (χ2v) is 4.92. The highest BCUT2D eigenvalue weighted by molar-refractivity contribution is 4.84. The van der Waals surface area contributed by atoms with E-state index in [1.807, 2.05) is 27.7 Å². The van der Waals surface area contributed by atoms with Gasteiger partial charge in [-0.05, 0) is 27.7 Å². The molecule has 1 aliphatic heterocycles. The van der Waals surface area contributed by atoms with Crippen molar-refractivity contribution in [1.82, 2.24) is 0 Å². The Morgan fingerprint density at radius 1 is 1.18 bits per heavy atom. The lowest BCUT2D eigenvalue weighted by Crippen LogP contribution is -2.52. The van der Waals surface area contributed by atoms with Crippen molar-refractivity contribution in [2.24, 2.45) is 0 Å². The Morgan fingerprint density at radius 3 is 2.24 bits per heavy atom. The van der Waals surface area contributed by atoms with Gasteiger partial charge in [-0.1, -0.05) is 0 Å². The summed E-state index contributed by atoms with van der Waals surface area (Å²) in [5, 5.41) is 19.1. The van der Waals surface area contributed by atoms with Gasteiger partial charge in [-0.2, -0.15) is 0 Å². The van der Waals surface area contributed by atoms with Crippen LogP contribution in [-0.2, 0) is 14.2 Å². The number of hydrogen-bond acceptors (Lipinski definition) is 5. The molecule has 102 valence electrons. The SMILES string of the molecule is CC(C)O[C@@H]1C[C@H](OC(C)C)[C@@H](O)[C@H](CO)O1. The van der Waals surface area contributed by atoms with Crippen LogP contribution in [0.15, 0.2) is 0 Å². The minimum atomic E-state index is -0.811. The summed E-state index contributed by atoms with van der Waals surface area (Å²) in [5.74, 6) is 0. The van der Waals surface area contributed by atoms with Crippen LogP contribution in [0.3, 0.4) is 0 Å². The van der Waals surface area contributed by atoms with E-state index in [9.17, 15) is 5.11 Å². The van der Waals surface area contributed by atoms with Crippen molar-refractivity contribution >= 4 is 0 Å². The lowest BCUT2D eigenvalue weighted by atomic mass is 10.0. The van der Waals surface area contributed by atoms with Crippen molar-refractivity contribution in [3.8, 4) is 0 Å². The molecule has 0 amide bonds. The molecule has 0 aromatic carbocycles.